The van der Waals surface area contributed by atoms with Crippen molar-refractivity contribution in [3.63, 3.8) is 0 Å². The van der Waals surface area contributed by atoms with Crippen molar-refractivity contribution in [3.05, 3.63) is 16.6 Å². The summed E-state index contributed by atoms with van der Waals surface area (Å²) in [5.74, 6) is 1.38. The Balaban J connectivity index is 1.83. The van der Waals surface area contributed by atoms with Gasteiger partial charge in [-0.15, -0.1) is 11.3 Å². The molecule has 0 spiro atoms. The van der Waals surface area contributed by atoms with E-state index in [9.17, 15) is 0 Å². The molecule has 1 heterocycles. The van der Waals surface area contributed by atoms with Crippen molar-refractivity contribution < 1.29 is 0 Å². The molecule has 0 aromatic carbocycles. The van der Waals surface area contributed by atoms with E-state index in [4.69, 9.17) is 0 Å². The Morgan fingerprint density at radius 2 is 2.28 bits per heavy atom. The number of hydrogen-bond acceptors (Lipinski definition) is 3. The van der Waals surface area contributed by atoms with Gasteiger partial charge in [0, 0.05) is 30.1 Å². The Labute approximate surface area is 115 Å². The van der Waals surface area contributed by atoms with Gasteiger partial charge in [0.1, 0.15) is 0 Å². The third kappa shape index (κ3) is 3.79. The Morgan fingerprint density at radius 1 is 1.50 bits per heavy atom. The molecular formula is C15H26N2S. The second-order valence-electron chi connectivity index (χ2n) is 6.79. The molecular weight excluding hydrogens is 240 g/mol. The molecule has 3 unspecified atom stereocenters. The zero-order chi connectivity index (χ0) is 13.2. The van der Waals surface area contributed by atoms with E-state index in [1.54, 1.807) is 11.3 Å². The molecule has 1 saturated carbocycles. The fourth-order valence-electron chi connectivity index (χ4n) is 3.41. The van der Waals surface area contributed by atoms with Gasteiger partial charge in [-0.05, 0) is 30.6 Å². The van der Waals surface area contributed by atoms with Gasteiger partial charge in [-0.3, -0.25) is 0 Å². The highest BCUT2D eigenvalue weighted by Crippen LogP contribution is 2.38. The van der Waals surface area contributed by atoms with Crippen LogP contribution in [0.4, 0.5) is 0 Å². The molecule has 1 aliphatic rings. The standard InChI is InChI=1S/C15H26N2S/c1-11-7-13(9-15(3,4)8-11)17-10-12(2)14-16-5-6-18-14/h5-6,11-13,17H,7-10H2,1-4H3. The first-order valence-electron chi connectivity index (χ1n) is 7.09. The van der Waals surface area contributed by atoms with Crippen molar-refractivity contribution in [2.75, 3.05) is 6.54 Å². The monoisotopic (exact) mass is 266 g/mol. The van der Waals surface area contributed by atoms with Gasteiger partial charge in [-0.2, -0.15) is 0 Å². The fourth-order valence-corrected chi connectivity index (χ4v) is 4.11. The minimum atomic E-state index is 0.500. The molecule has 0 saturated heterocycles. The van der Waals surface area contributed by atoms with Crippen LogP contribution in [0.5, 0.6) is 0 Å². The molecule has 18 heavy (non-hydrogen) atoms. The Bertz CT molecular complexity index is 359. The van der Waals surface area contributed by atoms with Crippen molar-refractivity contribution in [3.8, 4) is 0 Å². The summed E-state index contributed by atoms with van der Waals surface area (Å²) < 4.78 is 0. The van der Waals surface area contributed by atoms with E-state index < -0.39 is 0 Å². The average molecular weight is 266 g/mol. The van der Waals surface area contributed by atoms with Crippen molar-refractivity contribution in [2.24, 2.45) is 11.3 Å². The first-order valence-corrected chi connectivity index (χ1v) is 7.97. The first kappa shape index (κ1) is 14.0. The summed E-state index contributed by atoms with van der Waals surface area (Å²) in [7, 11) is 0. The van der Waals surface area contributed by atoms with E-state index in [0.29, 0.717) is 17.4 Å². The van der Waals surface area contributed by atoms with Crippen LogP contribution in [0.25, 0.3) is 0 Å². The SMILES string of the molecule is CC1CC(NCC(C)c2nccs2)CC(C)(C)C1. The minimum Gasteiger partial charge on any atom is -0.313 e. The van der Waals surface area contributed by atoms with E-state index >= 15 is 0 Å². The number of thiazole rings is 1. The summed E-state index contributed by atoms with van der Waals surface area (Å²) in [5.41, 5.74) is 0.500. The predicted molar refractivity (Wildman–Crippen MR) is 79.1 cm³/mol. The molecule has 3 atom stereocenters. The topological polar surface area (TPSA) is 24.9 Å². The quantitative estimate of drug-likeness (QED) is 0.889. The van der Waals surface area contributed by atoms with Crippen molar-refractivity contribution in [1.82, 2.24) is 10.3 Å². The summed E-state index contributed by atoms with van der Waals surface area (Å²) in [6.07, 6.45) is 5.91. The highest BCUT2D eigenvalue weighted by atomic mass is 32.1. The number of nitrogens with zero attached hydrogens (tertiary/aromatic N) is 1. The summed E-state index contributed by atoms with van der Waals surface area (Å²) in [5, 5.41) is 7.08. The Kier molecular flexibility index (Phi) is 4.44. The first-order chi connectivity index (χ1) is 8.46. The van der Waals surface area contributed by atoms with Crippen LogP contribution < -0.4 is 5.32 Å². The minimum absolute atomic E-state index is 0.500. The zero-order valence-corrected chi connectivity index (χ0v) is 12.9. The van der Waals surface area contributed by atoms with Crippen LogP contribution >= 0.6 is 11.3 Å². The molecule has 0 aliphatic heterocycles. The molecule has 0 amide bonds. The number of aromatic nitrogens is 1. The van der Waals surface area contributed by atoms with E-state index in [-0.39, 0.29) is 0 Å². The van der Waals surface area contributed by atoms with Crippen LogP contribution in [-0.4, -0.2) is 17.6 Å². The molecule has 1 aromatic rings. The second-order valence-corrected chi connectivity index (χ2v) is 7.72. The van der Waals surface area contributed by atoms with Gasteiger partial charge in [0.25, 0.3) is 0 Å². The molecule has 2 nitrogen and oxygen atoms in total. The second kappa shape index (κ2) is 5.70. The van der Waals surface area contributed by atoms with Crippen molar-refractivity contribution in [1.29, 1.82) is 0 Å². The normalized spacial score (nSPS) is 29.1. The fraction of sp³-hybridized carbons (Fsp3) is 0.800. The molecule has 102 valence electrons. The average Bonchev–Trinajstić information content (AvgIpc) is 2.76. The van der Waals surface area contributed by atoms with E-state index in [1.807, 2.05) is 6.20 Å². The molecule has 1 aliphatic carbocycles. The van der Waals surface area contributed by atoms with Gasteiger partial charge >= 0.3 is 0 Å². The van der Waals surface area contributed by atoms with Crippen molar-refractivity contribution >= 4 is 11.3 Å². The lowest BCUT2D eigenvalue weighted by Crippen LogP contribution is -2.41. The highest BCUT2D eigenvalue weighted by Gasteiger charge is 2.31. The molecule has 2 rings (SSSR count). The Morgan fingerprint density at radius 3 is 2.89 bits per heavy atom. The van der Waals surface area contributed by atoms with Crippen LogP contribution in [-0.2, 0) is 0 Å². The van der Waals surface area contributed by atoms with Crippen molar-refractivity contribution in [2.45, 2.75) is 58.9 Å². The summed E-state index contributed by atoms with van der Waals surface area (Å²) >= 11 is 1.77. The van der Waals surface area contributed by atoms with Gasteiger partial charge in [0.05, 0.1) is 5.01 Å². The van der Waals surface area contributed by atoms with Crippen LogP contribution in [0.15, 0.2) is 11.6 Å². The van der Waals surface area contributed by atoms with Crippen LogP contribution in [0.2, 0.25) is 0 Å². The maximum absolute atomic E-state index is 4.40. The van der Waals surface area contributed by atoms with Gasteiger partial charge in [0.2, 0.25) is 0 Å². The lowest BCUT2D eigenvalue weighted by Gasteiger charge is -2.39. The number of nitrogens with one attached hydrogen (secondary N) is 1. The molecule has 1 aromatic heterocycles. The van der Waals surface area contributed by atoms with Gasteiger partial charge < -0.3 is 5.32 Å². The Hall–Kier alpha value is -0.410. The molecule has 0 bridgehead atoms. The molecule has 0 radical (unpaired) electrons. The van der Waals surface area contributed by atoms with Gasteiger partial charge in [-0.1, -0.05) is 27.7 Å². The highest BCUT2D eigenvalue weighted by molar-refractivity contribution is 7.09. The zero-order valence-electron chi connectivity index (χ0n) is 12.1. The van der Waals surface area contributed by atoms with Crippen LogP contribution in [0.3, 0.4) is 0 Å². The van der Waals surface area contributed by atoms with Gasteiger partial charge in [0.15, 0.2) is 0 Å². The summed E-state index contributed by atoms with van der Waals surface area (Å²) in [6.45, 7) is 10.5. The maximum Gasteiger partial charge on any atom is 0.0965 e. The van der Waals surface area contributed by atoms with E-state index in [1.165, 1.54) is 24.3 Å². The maximum atomic E-state index is 4.40. The number of hydrogen-bond donors (Lipinski definition) is 1. The molecule has 1 fully saturated rings. The third-order valence-electron chi connectivity index (χ3n) is 3.97. The largest absolute Gasteiger partial charge is 0.313 e. The van der Waals surface area contributed by atoms with Gasteiger partial charge in [-0.25, -0.2) is 4.98 Å². The summed E-state index contributed by atoms with van der Waals surface area (Å²) in [4.78, 5) is 4.40. The lowest BCUT2D eigenvalue weighted by molar-refractivity contribution is 0.151. The smallest absolute Gasteiger partial charge is 0.0965 e. The number of rotatable bonds is 4. The van der Waals surface area contributed by atoms with E-state index in [2.05, 4.69) is 43.4 Å². The van der Waals surface area contributed by atoms with Crippen LogP contribution in [0, 0.1) is 11.3 Å². The lowest BCUT2D eigenvalue weighted by atomic mass is 9.70. The summed E-state index contributed by atoms with van der Waals surface area (Å²) in [6, 6.07) is 0.686. The van der Waals surface area contributed by atoms with Crippen LogP contribution in [0.1, 0.15) is 57.9 Å². The molecule has 1 N–H and O–H groups in total. The third-order valence-corrected chi connectivity index (χ3v) is 4.98. The van der Waals surface area contributed by atoms with E-state index in [0.717, 1.165) is 12.5 Å². The predicted octanol–water partition coefficient (Wildman–Crippen LogP) is 4.05. The molecule has 3 heteroatoms.